The van der Waals surface area contributed by atoms with Crippen molar-refractivity contribution in [2.45, 2.75) is 46.1 Å². The minimum absolute atomic E-state index is 0.0151. The largest absolute Gasteiger partial charge is 0.365 e. The molecule has 1 heterocycles. The lowest BCUT2D eigenvalue weighted by molar-refractivity contribution is -0.116. The second-order valence-corrected chi connectivity index (χ2v) is 6.50. The number of nitrogens with one attached hydrogen (secondary N) is 3. The molecule has 0 bridgehead atoms. The standard InChI is InChI=1S/C17H23FN6O/c1-10(2)13(11(3)14(19-5)22-17(4)6-7-17)15(25)23-24-16-20-8-12(18)9-21-16/h8-9,22H,5-7H2,1-4H3,(H,23,25)(H,20,21,24)/b14-11-. The summed E-state index contributed by atoms with van der Waals surface area (Å²) in [4.78, 5) is 24.1. The Balaban J connectivity index is 2.15. The highest BCUT2D eigenvalue weighted by molar-refractivity contribution is 5.99. The van der Waals surface area contributed by atoms with Gasteiger partial charge in [-0.2, -0.15) is 0 Å². The molecular weight excluding hydrogens is 323 g/mol. The summed E-state index contributed by atoms with van der Waals surface area (Å²) in [5.74, 6) is -0.240. The summed E-state index contributed by atoms with van der Waals surface area (Å²) in [5.41, 5.74) is 7.10. The Hall–Kier alpha value is -2.77. The number of nitrogens with zero attached hydrogens (tertiary/aromatic N) is 3. The van der Waals surface area contributed by atoms with E-state index in [0.29, 0.717) is 17.0 Å². The van der Waals surface area contributed by atoms with Gasteiger partial charge in [0.2, 0.25) is 5.95 Å². The summed E-state index contributed by atoms with van der Waals surface area (Å²) in [6, 6.07) is 0. The van der Waals surface area contributed by atoms with E-state index in [9.17, 15) is 9.18 Å². The molecule has 1 aromatic rings. The first-order valence-corrected chi connectivity index (χ1v) is 7.93. The third kappa shape index (κ3) is 4.85. The van der Waals surface area contributed by atoms with E-state index in [2.05, 4.69) is 44.8 Å². The zero-order chi connectivity index (χ0) is 18.6. The van der Waals surface area contributed by atoms with Gasteiger partial charge in [-0.25, -0.2) is 19.4 Å². The molecule has 0 aliphatic heterocycles. The van der Waals surface area contributed by atoms with Crippen molar-refractivity contribution in [2.75, 3.05) is 5.43 Å². The fourth-order valence-corrected chi connectivity index (χ4v) is 2.29. The van der Waals surface area contributed by atoms with Crippen molar-refractivity contribution >= 4 is 18.6 Å². The van der Waals surface area contributed by atoms with Crippen LogP contribution in [0.25, 0.3) is 0 Å². The normalized spacial score (nSPS) is 15.6. The van der Waals surface area contributed by atoms with E-state index in [1.807, 2.05) is 20.8 Å². The maximum absolute atomic E-state index is 12.8. The van der Waals surface area contributed by atoms with Crippen LogP contribution in [0.15, 0.2) is 39.9 Å². The van der Waals surface area contributed by atoms with Gasteiger partial charge in [0.25, 0.3) is 5.91 Å². The summed E-state index contributed by atoms with van der Waals surface area (Å²) >= 11 is 0. The van der Waals surface area contributed by atoms with Crippen LogP contribution in [0.5, 0.6) is 0 Å². The molecule has 2 rings (SSSR count). The average molecular weight is 346 g/mol. The third-order valence-electron chi connectivity index (χ3n) is 3.94. The van der Waals surface area contributed by atoms with Crippen LogP contribution in [-0.2, 0) is 4.79 Å². The van der Waals surface area contributed by atoms with Crippen molar-refractivity contribution in [3.8, 4) is 0 Å². The van der Waals surface area contributed by atoms with Crippen LogP contribution >= 0.6 is 0 Å². The van der Waals surface area contributed by atoms with Crippen molar-refractivity contribution in [2.24, 2.45) is 4.99 Å². The highest BCUT2D eigenvalue weighted by Crippen LogP contribution is 2.36. The van der Waals surface area contributed by atoms with Crippen molar-refractivity contribution in [1.82, 2.24) is 20.7 Å². The number of carbonyl (C=O) groups excluding carboxylic acids is 1. The van der Waals surface area contributed by atoms with E-state index in [4.69, 9.17) is 0 Å². The molecule has 3 N–H and O–H groups in total. The molecule has 25 heavy (non-hydrogen) atoms. The number of halogens is 1. The topological polar surface area (TPSA) is 91.3 Å². The van der Waals surface area contributed by atoms with Crippen LogP contribution in [0.3, 0.4) is 0 Å². The van der Waals surface area contributed by atoms with Gasteiger partial charge in [-0.15, -0.1) is 0 Å². The first-order chi connectivity index (χ1) is 11.8. The number of hydrogen-bond acceptors (Lipinski definition) is 6. The number of aromatic nitrogens is 2. The molecule has 1 aromatic heterocycles. The average Bonchev–Trinajstić information content (AvgIpc) is 3.29. The number of allylic oxidation sites excluding steroid dienone is 1. The van der Waals surface area contributed by atoms with Crippen LogP contribution in [-0.4, -0.2) is 28.1 Å². The van der Waals surface area contributed by atoms with Crippen LogP contribution in [0.2, 0.25) is 0 Å². The van der Waals surface area contributed by atoms with E-state index in [1.54, 1.807) is 0 Å². The van der Waals surface area contributed by atoms with Crippen LogP contribution in [0.1, 0.15) is 40.5 Å². The van der Waals surface area contributed by atoms with Crippen LogP contribution in [0, 0.1) is 5.82 Å². The minimum atomic E-state index is -0.554. The molecule has 7 nitrogen and oxygen atoms in total. The molecule has 1 amide bonds. The maximum Gasteiger partial charge on any atom is 0.270 e. The van der Waals surface area contributed by atoms with Gasteiger partial charge in [0.1, 0.15) is 5.82 Å². The SMILES string of the molecule is C=N/C(NC1(C)CC1)=C(\C)C(C(=O)NNc1ncc(F)cn1)=C(C)C. The van der Waals surface area contributed by atoms with Gasteiger partial charge >= 0.3 is 0 Å². The maximum atomic E-state index is 12.8. The molecule has 0 radical (unpaired) electrons. The van der Waals surface area contributed by atoms with Crippen molar-refractivity contribution in [3.63, 3.8) is 0 Å². The molecule has 134 valence electrons. The summed E-state index contributed by atoms with van der Waals surface area (Å²) in [6.07, 6.45) is 4.13. The number of carbonyl (C=O) groups is 1. The molecule has 0 spiro atoms. The highest BCUT2D eigenvalue weighted by atomic mass is 19.1. The van der Waals surface area contributed by atoms with Gasteiger partial charge in [0.15, 0.2) is 5.82 Å². The Morgan fingerprint density at radius 1 is 1.28 bits per heavy atom. The lowest BCUT2D eigenvalue weighted by Crippen LogP contribution is -2.34. The van der Waals surface area contributed by atoms with E-state index < -0.39 is 5.82 Å². The Morgan fingerprint density at radius 3 is 2.36 bits per heavy atom. The molecule has 0 saturated heterocycles. The second-order valence-electron chi connectivity index (χ2n) is 6.50. The monoisotopic (exact) mass is 346 g/mol. The molecule has 1 saturated carbocycles. The van der Waals surface area contributed by atoms with Gasteiger partial charge in [0.05, 0.1) is 12.4 Å². The van der Waals surface area contributed by atoms with Gasteiger partial charge in [0, 0.05) is 16.7 Å². The van der Waals surface area contributed by atoms with E-state index in [0.717, 1.165) is 30.8 Å². The number of rotatable bonds is 7. The summed E-state index contributed by atoms with van der Waals surface area (Å²) < 4.78 is 12.8. The third-order valence-corrected chi connectivity index (χ3v) is 3.94. The molecule has 1 fully saturated rings. The number of aliphatic imine (C=N–C) groups is 1. The minimum Gasteiger partial charge on any atom is -0.365 e. The molecule has 8 heteroatoms. The van der Waals surface area contributed by atoms with Gasteiger partial charge in [-0.3, -0.25) is 15.6 Å². The fourth-order valence-electron chi connectivity index (χ4n) is 2.29. The second kappa shape index (κ2) is 7.42. The number of anilines is 1. The molecule has 0 aromatic carbocycles. The predicted octanol–water partition coefficient (Wildman–Crippen LogP) is 2.47. The summed E-state index contributed by atoms with van der Waals surface area (Å²) in [7, 11) is 0. The van der Waals surface area contributed by atoms with E-state index in [-0.39, 0.29) is 17.4 Å². The smallest absolute Gasteiger partial charge is 0.270 e. The lowest BCUT2D eigenvalue weighted by atomic mass is 10.0. The lowest BCUT2D eigenvalue weighted by Gasteiger charge is -2.18. The Labute approximate surface area is 146 Å². The number of hydrogen-bond donors (Lipinski definition) is 3. The number of amides is 1. The van der Waals surface area contributed by atoms with E-state index >= 15 is 0 Å². The number of hydrazine groups is 1. The quantitative estimate of drug-likeness (QED) is 0.305. The molecule has 0 unspecified atom stereocenters. The van der Waals surface area contributed by atoms with Gasteiger partial charge < -0.3 is 5.32 Å². The first-order valence-electron chi connectivity index (χ1n) is 7.93. The predicted molar refractivity (Wildman–Crippen MR) is 95.2 cm³/mol. The van der Waals surface area contributed by atoms with Crippen molar-refractivity contribution < 1.29 is 9.18 Å². The Kier molecular flexibility index (Phi) is 5.51. The molecule has 1 aliphatic carbocycles. The van der Waals surface area contributed by atoms with E-state index in [1.165, 1.54) is 0 Å². The van der Waals surface area contributed by atoms with Crippen LogP contribution < -0.4 is 16.2 Å². The summed E-state index contributed by atoms with van der Waals surface area (Å²) in [5, 5.41) is 3.34. The summed E-state index contributed by atoms with van der Waals surface area (Å²) in [6.45, 7) is 11.2. The first kappa shape index (κ1) is 18.6. The van der Waals surface area contributed by atoms with Gasteiger partial charge in [-0.1, -0.05) is 5.57 Å². The molecule has 1 aliphatic rings. The molecule has 0 atom stereocenters. The Bertz CT molecular complexity index is 730. The van der Waals surface area contributed by atoms with Gasteiger partial charge in [-0.05, 0) is 47.3 Å². The van der Waals surface area contributed by atoms with Crippen molar-refractivity contribution in [1.29, 1.82) is 0 Å². The highest BCUT2D eigenvalue weighted by Gasteiger charge is 2.38. The zero-order valence-electron chi connectivity index (χ0n) is 14.9. The Morgan fingerprint density at radius 2 is 1.88 bits per heavy atom. The van der Waals surface area contributed by atoms with Crippen LogP contribution in [0.4, 0.5) is 10.3 Å². The molecular formula is C17H23FN6O. The fraction of sp³-hybridized carbons (Fsp3) is 0.412. The zero-order valence-corrected chi connectivity index (χ0v) is 14.9. The van der Waals surface area contributed by atoms with Crippen molar-refractivity contribution in [3.05, 3.63) is 40.8 Å².